The number of anilines is 1. The van der Waals surface area contributed by atoms with Crippen molar-refractivity contribution in [1.29, 1.82) is 0 Å². The van der Waals surface area contributed by atoms with Gasteiger partial charge in [0.25, 0.3) is 5.56 Å². The van der Waals surface area contributed by atoms with E-state index in [9.17, 15) is 9.90 Å². The van der Waals surface area contributed by atoms with Crippen molar-refractivity contribution in [3.63, 3.8) is 0 Å². The quantitative estimate of drug-likeness (QED) is 0.368. The van der Waals surface area contributed by atoms with E-state index in [0.717, 1.165) is 11.3 Å². The third-order valence-electron chi connectivity index (χ3n) is 4.72. The van der Waals surface area contributed by atoms with E-state index in [4.69, 9.17) is 11.6 Å². The fraction of sp³-hybridized carbons (Fsp3) is 0.0435. The number of aryl methyl sites for hydroxylation is 1. The largest absolute Gasteiger partial charge is 0.494 e. The lowest BCUT2D eigenvalue weighted by Crippen LogP contribution is -2.20. The number of nitrogens with one attached hydrogen (secondary N) is 1. The van der Waals surface area contributed by atoms with E-state index in [-0.39, 0.29) is 11.4 Å². The molecule has 0 radical (unpaired) electrons. The minimum absolute atomic E-state index is 0.225. The van der Waals surface area contributed by atoms with Gasteiger partial charge in [-0.05, 0) is 36.8 Å². The van der Waals surface area contributed by atoms with Crippen LogP contribution < -0.4 is 11.0 Å². The normalized spacial score (nSPS) is 11.2. The topological polar surface area (TPSA) is 66.6 Å². The van der Waals surface area contributed by atoms with Gasteiger partial charge in [0.15, 0.2) is 0 Å². The molecular weight excluding hydrogens is 386 g/mol. The zero-order valence-electron chi connectivity index (χ0n) is 15.6. The van der Waals surface area contributed by atoms with Crippen LogP contribution in [0, 0.1) is 6.92 Å². The Balaban J connectivity index is 1.90. The summed E-state index contributed by atoms with van der Waals surface area (Å²) in [5.74, 6) is -0.225. The predicted molar refractivity (Wildman–Crippen MR) is 119 cm³/mol. The zero-order valence-corrected chi connectivity index (χ0v) is 16.4. The van der Waals surface area contributed by atoms with Gasteiger partial charge in [-0.3, -0.25) is 10.2 Å². The maximum absolute atomic E-state index is 13.1. The van der Waals surface area contributed by atoms with E-state index in [1.807, 2.05) is 37.3 Å². The number of halogens is 1. The van der Waals surface area contributed by atoms with Crippen molar-refractivity contribution in [1.82, 2.24) is 4.57 Å². The minimum atomic E-state index is -0.352. The number of rotatable bonds is 4. The Morgan fingerprint density at radius 3 is 2.38 bits per heavy atom. The van der Waals surface area contributed by atoms with E-state index in [1.165, 1.54) is 10.8 Å². The summed E-state index contributed by atoms with van der Waals surface area (Å²) < 4.78 is 1.21. The van der Waals surface area contributed by atoms with Gasteiger partial charge in [-0.15, -0.1) is 0 Å². The molecule has 4 aromatic rings. The fourth-order valence-corrected chi connectivity index (χ4v) is 3.43. The molecule has 1 aromatic heterocycles. The number of aromatic hydroxyl groups is 1. The Morgan fingerprint density at radius 2 is 1.62 bits per heavy atom. The van der Waals surface area contributed by atoms with Gasteiger partial charge in [0.05, 0.1) is 28.2 Å². The number of nitrogens with zero attached hydrogens (tertiary/aromatic N) is 2. The van der Waals surface area contributed by atoms with E-state index >= 15 is 0 Å². The van der Waals surface area contributed by atoms with Crippen molar-refractivity contribution >= 4 is 34.3 Å². The standard InChI is InChI=1S/C23H18ClN3O2/c1-15-8-2-6-12-20(15)26-25-14-18-16-9-3-4-10-17(16)22(28)27(23(18)29)21-13-7-5-11-19(21)24/h2-14,26,29H,1H3/b25-14+. The van der Waals surface area contributed by atoms with E-state index in [2.05, 4.69) is 10.5 Å². The molecule has 4 rings (SSSR count). The molecule has 0 aliphatic carbocycles. The highest BCUT2D eigenvalue weighted by Gasteiger charge is 2.17. The van der Waals surface area contributed by atoms with Crippen molar-refractivity contribution < 1.29 is 5.11 Å². The summed E-state index contributed by atoms with van der Waals surface area (Å²) in [6.45, 7) is 1.97. The van der Waals surface area contributed by atoms with Gasteiger partial charge in [-0.2, -0.15) is 5.10 Å². The maximum atomic E-state index is 13.1. The lowest BCUT2D eigenvalue weighted by atomic mass is 10.1. The molecule has 1 heterocycles. The number of hydrazone groups is 1. The molecule has 0 aliphatic rings. The summed E-state index contributed by atoms with van der Waals surface area (Å²) in [6, 6.07) is 21.7. The summed E-state index contributed by atoms with van der Waals surface area (Å²) in [5, 5.41) is 16.7. The molecule has 0 atom stereocenters. The number of hydrogen-bond acceptors (Lipinski definition) is 4. The molecule has 0 saturated heterocycles. The van der Waals surface area contributed by atoms with Crippen molar-refractivity contribution in [2.45, 2.75) is 6.92 Å². The van der Waals surface area contributed by atoms with Gasteiger partial charge in [0, 0.05) is 10.8 Å². The first-order valence-corrected chi connectivity index (χ1v) is 9.42. The van der Waals surface area contributed by atoms with Crippen LogP contribution in [0.15, 0.2) is 82.7 Å². The second-order valence-electron chi connectivity index (χ2n) is 6.56. The van der Waals surface area contributed by atoms with Crippen molar-refractivity contribution in [2.75, 3.05) is 5.43 Å². The number of para-hydroxylation sites is 2. The Bertz CT molecular complexity index is 1300. The summed E-state index contributed by atoms with van der Waals surface area (Å²) in [5.41, 5.74) is 5.35. The Hall–Kier alpha value is -3.57. The molecule has 3 aromatic carbocycles. The highest BCUT2D eigenvalue weighted by Crippen LogP contribution is 2.28. The van der Waals surface area contributed by atoms with Crippen LogP contribution in [0.25, 0.3) is 16.5 Å². The summed E-state index contributed by atoms with van der Waals surface area (Å²) >= 11 is 6.29. The molecule has 5 nitrogen and oxygen atoms in total. The third kappa shape index (κ3) is 3.48. The second-order valence-corrected chi connectivity index (χ2v) is 6.97. The Labute approximate surface area is 172 Å². The van der Waals surface area contributed by atoms with Crippen molar-refractivity contribution in [3.8, 4) is 11.6 Å². The van der Waals surface area contributed by atoms with Crippen LogP contribution in [-0.4, -0.2) is 15.9 Å². The first kappa shape index (κ1) is 18.8. The van der Waals surface area contributed by atoms with E-state index in [1.54, 1.807) is 42.5 Å². The minimum Gasteiger partial charge on any atom is -0.494 e. The smallest absolute Gasteiger partial charge is 0.265 e. The first-order valence-electron chi connectivity index (χ1n) is 9.04. The average molecular weight is 404 g/mol. The van der Waals surface area contributed by atoms with Gasteiger partial charge in [0.1, 0.15) is 0 Å². The fourth-order valence-electron chi connectivity index (χ4n) is 3.21. The Kier molecular flexibility index (Phi) is 5.06. The van der Waals surface area contributed by atoms with Gasteiger partial charge >= 0.3 is 0 Å². The van der Waals surface area contributed by atoms with Crippen LogP contribution >= 0.6 is 11.6 Å². The predicted octanol–water partition coefficient (Wildman–Crippen LogP) is 5.10. The monoisotopic (exact) mass is 403 g/mol. The zero-order chi connectivity index (χ0) is 20.4. The number of hydrogen-bond donors (Lipinski definition) is 2. The highest BCUT2D eigenvalue weighted by molar-refractivity contribution is 6.32. The lowest BCUT2D eigenvalue weighted by Gasteiger charge is -2.14. The molecule has 2 N–H and O–H groups in total. The first-order chi connectivity index (χ1) is 14.1. The maximum Gasteiger partial charge on any atom is 0.265 e. The molecule has 0 saturated carbocycles. The summed E-state index contributed by atoms with van der Waals surface area (Å²) in [7, 11) is 0. The molecule has 144 valence electrons. The van der Waals surface area contributed by atoms with Gasteiger partial charge < -0.3 is 5.11 Å². The lowest BCUT2D eigenvalue weighted by molar-refractivity contribution is 0.436. The molecule has 0 aliphatic heterocycles. The molecular formula is C23H18ClN3O2. The van der Waals surface area contributed by atoms with Gasteiger partial charge in [-0.25, -0.2) is 4.57 Å². The van der Waals surface area contributed by atoms with Crippen molar-refractivity contribution in [3.05, 3.63) is 99.3 Å². The molecule has 0 unspecified atom stereocenters. The molecule has 29 heavy (non-hydrogen) atoms. The van der Waals surface area contributed by atoms with E-state index in [0.29, 0.717) is 27.0 Å². The number of aromatic nitrogens is 1. The number of fused-ring (bicyclic) bond motifs is 1. The third-order valence-corrected chi connectivity index (χ3v) is 5.04. The van der Waals surface area contributed by atoms with E-state index < -0.39 is 0 Å². The van der Waals surface area contributed by atoms with Crippen LogP contribution in [0.1, 0.15) is 11.1 Å². The number of pyridine rings is 1. The summed E-state index contributed by atoms with van der Waals surface area (Å²) in [6.07, 6.45) is 1.51. The molecule has 0 amide bonds. The van der Waals surface area contributed by atoms with Crippen LogP contribution in [0.2, 0.25) is 5.02 Å². The molecule has 0 bridgehead atoms. The van der Waals surface area contributed by atoms with Crippen LogP contribution in [-0.2, 0) is 0 Å². The van der Waals surface area contributed by atoms with Crippen LogP contribution in [0.5, 0.6) is 5.88 Å². The van der Waals surface area contributed by atoms with Gasteiger partial charge in [0.2, 0.25) is 5.88 Å². The van der Waals surface area contributed by atoms with Gasteiger partial charge in [-0.1, -0.05) is 60.1 Å². The second kappa shape index (κ2) is 7.81. The highest BCUT2D eigenvalue weighted by atomic mass is 35.5. The molecule has 0 spiro atoms. The average Bonchev–Trinajstić information content (AvgIpc) is 2.73. The molecule has 6 heteroatoms. The van der Waals surface area contributed by atoms with Crippen LogP contribution in [0.3, 0.4) is 0 Å². The number of benzene rings is 3. The Morgan fingerprint density at radius 1 is 0.966 bits per heavy atom. The van der Waals surface area contributed by atoms with Crippen molar-refractivity contribution in [2.24, 2.45) is 5.10 Å². The molecule has 0 fully saturated rings. The SMILES string of the molecule is Cc1ccccc1N/N=C/c1c(O)n(-c2ccccc2Cl)c(=O)c2ccccc12. The van der Waals surface area contributed by atoms with Crippen LogP contribution in [0.4, 0.5) is 5.69 Å². The summed E-state index contributed by atoms with van der Waals surface area (Å²) in [4.78, 5) is 13.1.